The van der Waals surface area contributed by atoms with Crippen LogP contribution in [0.15, 0.2) is 43.4 Å². The number of hydrogen-bond acceptors (Lipinski definition) is 11. The zero-order valence-corrected chi connectivity index (χ0v) is 24.9. The highest BCUT2D eigenvalue weighted by atomic mass is 31.2. The van der Waals surface area contributed by atoms with E-state index < -0.39 is 43.2 Å². The second kappa shape index (κ2) is 12.1. The van der Waals surface area contributed by atoms with Crippen molar-refractivity contribution in [1.82, 2.24) is 19.4 Å². The van der Waals surface area contributed by atoms with Crippen LogP contribution in [0.2, 0.25) is 0 Å². The number of fused-ring (bicyclic) bond motifs is 2. The van der Waals surface area contributed by atoms with Gasteiger partial charge in [-0.25, -0.2) is 13.3 Å². The Balaban J connectivity index is 1.45. The van der Waals surface area contributed by atoms with Gasteiger partial charge in [0.2, 0.25) is 0 Å². The van der Waals surface area contributed by atoms with Gasteiger partial charge < -0.3 is 38.5 Å². The van der Waals surface area contributed by atoms with Crippen molar-refractivity contribution in [3.05, 3.63) is 76.8 Å². The van der Waals surface area contributed by atoms with Gasteiger partial charge in [0, 0.05) is 48.7 Å². The molecule has 18 heteroatoms. The number of halogens is 2. The van der Waals surface area contributed by atoms with Crippen molar-refractivity contribution in [1.29, 1.82) is 0 Å². The van der Waals surface area contributed by atoms with Crippen LogP contribution in [-0.2, 0) is 27.4 Å². The van der Waals surface area contributed by atoms with Gasteiger partial charge in [-0.2, -0.15) is 0 Å². The maximum absolute atomic E-state index is 14.1. The van der Waals surface area contributed by atoms with Crippen molar-refractivity contribution in [3.63, 3.8) is 0 Å². The molecule has 0 amide bonds. The third kappa shape index (κ3) is 5.85. The fourth-order valence-electron chi connectivity index (χ4n) is 5.42. The molecular formula is C27H29F2N6O9P. The van der Waals surface area contributed by atoms with Crippen LogP contribution in [0.1, 0.15) is 11.1 Å². The van der Waals surface area contributed by atoms with E-state index in [1.165, 1.54) is 24.3 Å². The SMILES string of the molecule is CP(=O)(On1c(=O)c(=O)[nH]c2cc(CF)c(N3CCOCC3)cc21)On1c(=O)c(=O)[nH]c2cc(CF)c(N3CCOCC3)cc21. The van der Waals surface area contributed by atoms with Gasteiger partial charge in [0.15, 0.2) is 0 Å². The molecule has 2 fully saturated rings. The predicted molar refractivity (Wildman–Crippen MR) is 160 cm³/mol. The summed E-state index contributed by atoms with van der Waals surface area (Å²) in [6.07, 6.45) is 0. The minimum Gasteiger partial charge on any atom is -0.378 e. The van der Waals surface area contributed by atoms with Crippen LogP contribution in [-0.4, -0.2) is 78.7 Å². The molecule has 2 saturated heterocycles. The van der Waals surface area contributed by atoms with E-state index in [0.29, 0.717) is 73.4 Å². The van der Waals surface area contributed by atoms with Crippen molar-refractivity contribution in [3.8, 4) is 0 Å². The van der Waals surface area contributed by atoms with E-state index in [9.17, 15) is 32.5 Å². The summed E-state index contributed by atoms with van der Waals surface area (Å²) in [7, 11) is -4.57. The van der Waals surface area contributed by atoms with Crippen molar-refractivity contribution < 1.29 is 32.1 Å². The number of aromatic nitrogens is 4. The molecule has 0 spiro atoms. The normalized spacial score (nSPS) is 16.0. The first-order valence-corrected chi connectivity index (χ1v) is 16.0. The molecule has 0 bridgehead atoms. The highest BCUT2D eigenvalue weighted by Gasteiger charge is 2.28. The molecule has 2 N–H and O–H groups in total. The van der Waals surface area contributed by atoms with Crippen molar-refractivity contribution >= 4 is 41.0 Å². The molecule has 0 aliphatic carbocycles. The number of benzene rings is 2. The number of rotatable bonds is 8. The molecule has 0 radical (unpaired) electrons. The lowest BCUT2D eigenvalue weighted by Gasteiger charge is -2.31. The molecule has 240 valence electrons. The lowest BCUT2D eigenvalue weighted by molar-refractivity contribution is 0.122. The Kier molecular flexibility index (Phi) is 8.24. The summed E-state index contributed by atoms with van der Waals surface area (Å²) in [5, 5.41) is 0. The predicted octanol–water partition coefficient (Wildman–Crippen LogP) is 0.686. The van der Waals surface area contributed by atoms with E-state index in [4.69, 9.17) is 18.7 Å². The van der Waals surface area contributed by atoms with Crippen molar-refractivity contribution in [2.24, 2.45) is 0 Å². The molecule has 4 aromatic rings. The third-order valence-electron chi connectivity index (χ3n) is 7.54. The van der Waals surface area contributed by atoms with E-state index in [0.717, 1.165) is 6.66 Å². The Bertz CT molecular complexity index is 1920. The van der Waals surface area contributed by atoms with Gasteiger partial charge in [-0.1, -0.05) is 0 Å². The fourth-order valence-corrected chi connectivity index (χ4v) is 6.37. The first kappa shape index (κ1) is 30.6. The van der Waals surface area contributed by atoms with E-state index in [1.54, 1.807) is 0 Å². The van der Waals surface area contributed by atoms with Gasteiger partial charge in [0.05, 0.1) is 44.1 Å². The van der Waals surface area contributed by atoms with E-state index >= 15 is 0 Å². The molecule has 0 atom stereocenters. The largest absolute Gasteiger partial charge is 0.464 e. The number of alkyl halides is 2. The summed E-state index contributed by atoms with van der Waals surface area (Å²) < 4.78 is 64.6. The molecule has 0 saturated carbocycles. The lowest BCUT2D eigenvalue weighted by Crippen LogP contribution is -2.42. The summed E-state index contributed by atoms with van der Waals surface area (Å²) in [5.41, 5.74) is -3.67. The minimum atomic E-state index is -4.57. The Morgan fingerprint density at radius 2 is 1.09 bits per heavy atom. The number of nitrogens with zero attached hydrogens (tertiary/aromatic N) is 4. The molecule has 2 aliphatic rings. The lowest BCUT2D eigenvalue weighted by atomic mass is 10.1. The molecular weight excluding hydrogens is 621 g/mol. The summed E-state index contributed by atoms with van der Waals surface area (Å²) in [5.74, 6) is 0. The van der Waals surface area contributed by atoms with Crippen LogP contribution in [0.25, 0.3) is 22.1 Å². The number of H-pyrrole nitrogens is 2. The standard InChI is InChI=1S/C27H29F2N6O9P/c1-45(40,43-34-22-12-20(32-2-6-41-7-3-32)16(14-28)10-18(22)30-24(36)26(34)38)44-35-23-13-21(33-4-8-42-9-5-33)17(15-29)11-19(23)31-25(37)27(35)39/h10-13H,2-9,14-15H2,1H3,(H,30,36)(H,31,37). The molecule has 45 heavy (non-hydrogen) atoms. The Hall–Kier alpha value is -4.47. The van der Waals surface area contributed by atoms with Gasteiger partial charge in [-0.3, -0.25) is 19.2 Å². The average molecular weight is 651 g/mol. The Morgan fingerprint density at radius 3 is 1.44 bits per heavy atom. The maximum atomic E-state index is 14.1. The molecule has 0 unspecified atom stereocenters. The van der Waals surface area contributed by atoms with E-state index in [2.05, 4.69) is 9.97 Å². The van der Waals surface area contributed by atoms with E-state index in [-0.39, 0.29) is 33.2 Å². The zero-order valence-electron chi connectivity index (χ0n) is 24.0. The van der Waals surface area contributed by atoms with Gasteiger partial charge in [0.1, 0.15) is 24.4 Å². The monoisotopic (exact) mass is 650 g/mol. The summed E-state index contributed by atoms with van der Waals surface area (Å²) in [4.78, 5) is 59.5. The number of aromatic amines is 2. The van der Waals surface area contributed by atoms with Crippen molar-refractivity contribution in [2.45, 2.75) is 13.3 Å². The van der Waals surface area contributed by atoms with Gasteiger partial charge in [-0.15, -0.1) is 9.46 Å². The number of hydrogen-bond donors (Lipinski definition) is 2. The van der Waals surface area contributed by atoms with Crippen molar-refractivity contribution in [2.75, 3.05) is 69.1 Å². The van der Waals surface area contributed by atoms with Crippen LogP contribution >= 0.6 is 7.60 Å². The summed E-state index contributed by atoms with van der Waals surface area (Å²) in [6.45, 7) is 2.42. The van der Waals surface area contributed by atoms with Crippen LogP contribution in [0.3, 0.4) is 0 Å². The number of anilines is 2. The number of morpholine rings is 2. The number of nitrogens with one attached hydrogen (secondary N) is 2. The maximum Gasteiger partial charge on any atom is 0.464 e. The topological polar surface area (TPSA) is 170 Å². The van der Waals surface area contributed by atoms with Gasteiger partial charge in [-0.05, 0) is 24.3 Å². The molecule has 4 heterocycles. The second-order valence-corrected chi connectivity index (χ2v) is 12.4. The first-order valence-electron chi connectivity index (χ1n) is 14.0. The Morgan fingerprint density at radius 1 is 0.711 bits per heavy atom. The van der Waals surface area contributed by atoms with Crippen LogP contribution in [0.5, 0.6) is 0 Å². The second-order valence-electron chi connectivity index (χ2n) is 10.5. The van der Waals surface area contributed by atoms with Crippen LogP contribution in [0.4, 0.5) is 20.2 Å². The summed E-state index contributed by atoms with van der Waals surface area (Å²) >= 11 is 0. The average Bonchev–Trinajstić information content (AvgIpc) is 3.05. The number of ether oxygens (including phenoxy) is 2. The summed E-state index contributed by atoms with van der Waals surface area (Å²) in [6, 6.07) is 5.50. The highest BCUT2D eigenvalue weighted by Crippen LogP contribution is 2.38. The Labute approximate surface area is 251 Å². The molecule has 2 aromatic heterocycles. The minimum absolute atomic E-state index is 0.0111. The molecule has 6 rings (SSSR count). The zero-order chi connectivity index (χ0) is 31.9. The van der Waals surface area contributed by atoms with E-state index in [1.807, 2.05) is 9.80 Å². The van der Waals surface area contributed by atoms with Gasteiger partial charge >= 0.3 is 29.8 Å². The highest BCUT2D eigenvalue weighted by molar-refractivity contribution is 7.53. The molecule has 15 nitrogen and oxygen atoms in total. The molecule has 2 aromatic carbocycles. The first-order chi connectivity index (χ1) is 21.6. The van der Waals surface area contributed by atoms with Gasteiger partial charge in [0.25, 0.3) is 0 Å². The smallest absolute Gasteiger partial charge is 0.378 e. The van der Waals surface area contributed by atoms with Crippen LogP contribution in [0, 0.1) is 0 Å². The molecule has 2 aliphatic heterocycles. The quantitative estimate of drug-likeness (QED) is 0.203. The fraction of sp³-hybridized carbons (Fsp3) is 0.407. The van der Waals surface area contributed by atoms with Crippen LogP contribution < -0.4 is 41.3 Å². The third-order valence-corrected chi connectivity index (χ3v) is 8.46.